The molecule has 2 fully saturated rings. The van der Waals surface area contributed by atoms with Crippen molar-refractivity contribution in [1.82, 2.24) is 0 Å². The number of methoxy groups -OCH3 is 1. The van der Waals surface area contributed by atoms with Gasteiger partial charge in [0.1, 0.15) is 35.1 Å². The highest BCUT2D eigenvalue weighted by molar-refractivity contribution is 6.33. The molecule has 8 heteroatoms. The number of aromatic hydroxyl groups is 1. The number of benzene rings is 1. The first kappa shape index (κ1) is 23.1. The van der Waals surface area contributed by atoms with Gasteiger partial charge in [-0.3, -0.25) is 4.79 Å². The predicted molar refractivity (Wildman–Crippen MR) is 117 cm³/mol. The Hall–Kier alpha value is -2.09. The third-order valence-electron chi connectivity index (χ3n) is 7.93. The van der Waals surface area contributed by atoms with Crippen LogP contribution in [-0.2, 0) is 9.53 Å². The molecule has 0 bridgehead atoms. The highest BCUT2D eigenvalue weighted by Crippen LogP contribution is 2.69. The highest BCUT2D eigenvalue weighted by Gasteiger charge is 2.75. The molecule has 0 heterocycles. The van der Waals surface area contributed by atoms with Crippen LogP contribution in [-0.4, -0.2) is 52.0 Å². The van der Waals surface area contributed by atoms with Crippen molar-refractivity contribution in [2.45, 2.75) is 64.3 Å². The van der Waals surface area contributed by atoms with E-state index in [-0.39, 0.29) is 51.0 Å². The molecule has 1 aromatic rings. The molecule has 0 spiro atoms. The second-order valence-corrected chi connectivity index (χ2v) is 10.9. The number of hydrogen-bond donors (Lipinski definition) is 3. The molecule has 4 rings (SSSR count). The molecule has 3 aliphatic rings. The van der Waals surface area contributed by atoms with Gasteiger partial charge in [-0.25, -0.2) is 4.79 Å². The van der Waals surface area contributed by atoms with Crippen molar-refractivity contribution in [2.75, 3.05) is 7.11 Å². The van der Waals surface area contributed by atoms with Gasteiger partial charge in [0.25, 0.3) is 0 Å². The zero-order valence-electron chi connectivity index (χ0n) is 18.9. The molecule has 1 aromatic carbocycles. The molecule has 0 saturated heterocycles. The maximum atomic E-state index is 13.0. The topological polar surface area (TPSA) is 113 Å². The maximum Gasteiger partial charge on any atom is 0.342 e. The van der Waals surface area contributed by atoms with Gasteiger partial charge in [-0.15, -0.1) is 0 Å². The fourth-order valence-electron chi connectivity index (χ4n) is 6.44. The van der Waals surface area contributed by atoms with Crippen LogP contribution in [0, 0.1) is 23.7 Å². The smallest absolute Gasteiger partial charge is 0.342 e. The molecule has 0 amide bonds. The Balaban J connectivity index is 1.69. The predicted octanol–water partition coefficient (Wildman–Crippen LogP) is 3.34. The minimum atomic E-state index is -1.73. The van der Waals surface area contributed by atoms with Gasteiger partial charge in [-0.2, -0.15) is 0 Å². The average Bonchev–Trinajstić information content (AvgIpc) is 2.96. The lowest BCUT2D eigenvalue weighted by Gasteiger charge is -2.65. The fraction of sp³-hybridized carbons (Fsp3) is 0.583. The number of phenols is 1. The Kier molecular flexibility index (Phi) is 5.02. The van der Waals surface area contributed by atoms with Crippen molar-refractivity contribution < 1.29 is 34.4 Å². The summed E-state index contributed by atoms with van der Waals surface area (Å²) in [6.45, 7) is 7.49. The zero-order valence-corrected chi connectivity index (χ0v) is 19.6. The van der Waals surface area contributed by atoms with Crippen LogP contribution in [0.3, 0.4) is 0 Å². The first-order chi connectivity index (χ1) is 14.7. The Morgan fingerprint density at radius 3 is 2.50 bits per heavy atom. The number of fused-ring (bicyclic) bond motifs is 3. The number of phenolic OH excluding ortho intramolecular Hbond substituents is 1. The van der Waals surface area contributed by atoms with Gasteiger partial charge in [0, 0.05) is 23.0 Å². The Bertz CT molecular complexity index is 1050. The highest BCUT2D eigenvalue weighted by atomic mass is 35.5. The van der Waals surface area contributed by atoms with E-state index in [0.717, 1.165) is 0 Å². The third-order valence-corrected chi connectivity index (χ3v) is 8.40. The molecular weight excluding hydrogens is 436 g/mol. The zero-order chi connectivity index (χ0) is 23.9. The number of ether oxygens (including phenoxy) is 2. The molecule has 5 atom stereocenters. The summed E-state index contributed by atoms with van der Waals surface area (Å²) >= 11 is 6.23. The van der Waals surface area contributed by atoms with E-state index < -0.39 is 28.7 Å². The Morgan fingerprint density at radius 1 is 1.25 bits per heavy atom. The largest absolute Gasteiger partial charge is 0.507 e. The van der Waals surface area contributed by atoms with Gasteiger partial charge in [-0.05, 0) is 43.2 Å². The molecule has 174 valence electrons. The van der Waals surface area contributed by atoms with Crippen LogP contribution < -0.4 is 4.74 Å². The van der Waals surface area contributed by atoms with Crippen LogP contribution in [0.25, 0.3) is 0 Å². The summed E-state index contributed by atoms with van der Waals surface area (Å²) in [5.41, 5.74) is -3.77. The van der Waals surface area contributed by atoms with Crippen LogP contribution in [0.15, 0.2) is 17.7 Å². The molecule has 7 nitrogen and oxygen atoms in total. The van der Waals surface area contributed by atoms with Gasteiger partial charge in [-0.1, -0.05) is 32.4 Å². The van der Waals surface area contributed by atoms with Crippen LogP contribution >= 0.6 is 11.6 Å². The van der Waals surface area contributed by atoms with Crippen molar-refractivity contribution in [3.63, 3.8) is 0 Å². The monoisotopic (exact) mass is 464 g/mol. The molecule has 0 radical (unpaired) electrons. The number of aldehydes is 1. The summed E-state index contributed by atoms with van der Waals surface area (Å²) < 4.78 is 10.7. The molecule has 2 saturated carbocycles. The number of esters is 1. The SMILES string of the molecule is COc1cc(O)c(C(=O)O[C@@H]2C[C@]3(C)C4CC(C)(C)C[C@@]4(O)C=C(C=O)[C@]23O)c(C)c1Cl. The fourth-order valence-corrected chi connectivity index (χ4v) is 6.67. The maximum absolute atomic E-state index is 13.0. The number of rotatable bonds is 4. The standard InChI is InChI=1S/C24H29ClO7/c1-12-18(14(27)6-15(31-5)19(12)25)20(28)32-17-9-22(4)16-8-21(2,3)11-23(16,29)7-13(10-26)24(17,22)30/h6-7,10,16-17,27,29-30H,8-9,11H2,1-5H3/t16?,17-,22-,23+,24+/m1/s1. The number of carbonyl (C=O) groups excluding carboxylic acids is 2. The van der Waals surface area contributed by atoms with E-state index in [0.29, 0.717) is 19.1 Å². The van der Waals surface area contributed by atoms with E-state index in [2.05, 4.69) is 13.8 Å². The Morgan fingerprint density at radius 2 is 1.91 bits per heavy atom. The van der Waals surface area contributed by atoms with Gasteiger partial charge < -0.3 is 24.8 Å². The first-order valence-corrected chi connectivity index (χ1v) is 11.0. The van der Waals surface area contributed by atoms with Crippen LogP contribution in [0.1, 0.15) is 56.0 Å². The average molecular weight is 465 g/mol. The minimum absolute atomic E-state index is 0.0224. The van der Waals surface area contributed by atoms with Crippen molar-refractivity contribution in [2.24, 2.45) is 16.7 Å². The summed E-state index contributed by atoms with van der Waals surface area (Å²) in [6.07, 6.45) is 2.39. The lowest BCUT2D eigenvalue weighted by molar-refractivity contribution is -0.261. The molecule has 3 N–H and O–H groups in total. The van der Waals surface area contributed by atoms with Crippen LogP contribution in [0.2, 0.25) is 5.02 Å². The Labute approximate surface area is 192 Å². The van der Waals surface area contributed by atoms with Gasteiger partial charge in [0.2, 0.25) is 0 Å². The first-order valence-electron chi connectivity index (χ1n) is 10.6. The normalized spacial score (nSPS) is 36.9. The molecular formula is C24H29ClO7. The van der Waals surface area contributed by atoms with Crippen molar-refractivity contribution >= 4 is 23.9 Å². The van der Waals surface area contributed by atoms with Gasteiger partial charge in [0.05, 0.1) is 17.7 Å². The summed E-state index contributed by atoms with van der Waals surface area (Å²) in [4.78, 5) is 25.0. The second-order valence-electron chi connectivity index (χ2n) is 10.5. The van der Waals surface area contributed by atoms with E-state index in [9.17, 15) is 24.9 Å². The summed E-state index contributed by atoms with van der Waals surface area (Å²) in [6, 6.07) is 1.23. The lowest BCUT2D eigenvalue weighted by atomic mass is 9.43. The number of carbonyl (C=O) groups is 2. The third kappa shape index (κ3) is 2.87. The minimum Gasteiger partial charge on any atom is -0.507 e. The summed E-state index contributed by atoms with van der Waals surface area (Å²) in [5, 5.41) is 33.6. The molecule has 32 heavy (non-hydrogen) atoms. The van der Waals surface area contributed by atoms with E-state index in [1.54, 1.807) is 6.92 Å². The number of hydrogen-bond acceptors (Lipinski definition) is 7. The van der Waals surface area contributed by atoms with E-state index >= 15 is 0 Å². The van der Waals surface area contributed by atoms with E-state index in [1.165, 1.54) is 19.3 Å². The summed E-state index contributed by atoms with van der Waals surface area (Å²) in [7, 11) is 1.39. The van der Waals surface area contributed by atoms with Gasteiger partial charge in [0.15, 0.2) is 0 Å². The number of aliphatic hydroxyl groups is 2. The molecule has 1 unspecified atom stereocenters. The lowest BCUT2D eigenvalue weighted by Crippen LogP contribution is -2.75. The molecule has 3 aliphatic carbocycles. The summed E-state index contributed by atoms with van der Waals surface area (Å²) in [5.74, 6) is -1.29. The van der Waals surface area contributed by atoms with E-state index in [1.807, 2.05) is 6.92 Å². The quantitative estimate of drug-likeness (QED) is 0.462. The van der Waals surface area contributed by atoms with Crippen molar-refractivity contribution in [3.8, 4) is 11.5 Å². The molecule has 0 aliphatic heterocycles. The van der Waals surface area contributed by atoms with Crippen LogP contribution in [0.4, 0.5) is 0 Å². The second kappa shape index (κ2) is 6.95. The van der Waals surface area contributed by atoms with Gasteiger partial charge >= 0.3 is 5.97 Å². The van der Waals surface area contributed by atoms with Crippen molar-refractivity contribution in [3.05, 3.63) is 33.9 Å². The molecule has 0 aromatic heterocycles. The van der Waals surface area contributed by atoms with Crippen molar-refractivity contribution in [1.29, 1.82) is 0 Å². The number of halogens is 1. The van der Waals surface area contributed by atoms with E-state index in [4.69, 9.17) is 21.1 Å². The van der Waals surface area contributed by atoms with Crippen LogP contribution in [0.5, 0.6) is 11.5 Å².